The monoisotopic (exact) mass is 209 g/mol. The number of hydrogen-bond acceptors (Lipinski definition) is 4. The minimum Gasteiger partial charge on any atom is -0.474 e. The first-order chi connectivity index (χ1) is 6.61. The summed E-state index contributed by atoms with van der Waals surface area (Å²) in [7, 11) is 0. The maximum atomic E-state index is 10.5. The molecule has 2 rings (SSSR count). The molecule has 0 atom stereocenters. The number of aldehydes is 1. The van der Waals surface area contributed by atoms with Crippen LogP contribution < -0.4 is 0 Å². The van der Waals surface area contributed by atoms with Crippen molar-refractivity contribution in [1.29, 1.82) is 0 Å². The molecule has 0 saturated carbocycles. The van der Waals surface area contributed by atoms with E-state index in [0.29, 0.717) is 17.4 Å². The standard InChI is InChI=1S/C10H11NO2S/c1-10(2)6-13-9(11-10)8-4-3-7(5-12)14-8/h3-5H,6H2,1-2H3. The van der Waals surface area contributed by atoms with Gasteiger partial charge in [-0.2, -0.15) is 0 Å². The van der Waals surface area contributed by atoms with E-state index in [0.717, 1.165) is 11.2 Å². The number of thiophene rings is 1. The smallest absolute Gasteiger partial charge is 0.227 e. The largest absolute Gasteiger partial charge is 0.474 e. The van der Waals surface area contributed by atoms with Crippen molar-refractivity contribution in [1.82, 2.24) is 0 Å². The lowest BCUT2D eigenvalue weighted by atomic mass is 10.1. The van der Waals surface area contributed by atoms with E-state index in [9.17, 15) is 4.79 Å². The van der Waals surface area contributed by atoms with Gasteiger partial charge in [-0.3, -0.25) is 4.79 Å². The summed E-state index contributed by atoms with van der Waals surface area (Å²) in [6.45, 7) is 4.65. The Morgan fingerprint density at radius 3 is 2.86 bits per heavy atom. The lowest BCUT2D eigenvalue weighted by Crippen LogP contribution is -2.17. The SMILES string of the molecule is CC1(C)COC(c2ccc(C=O)s2)=N1. The Balaban J connectivity index is 2.28. The number of carbonyl (C=O) groups is 1. The van der Waals surface area contributed by atoms with Crippen molar-refractivity contribution in [3.63, 3.8) is 0 Å². The van der Waals surface area contributed by atoms with Crippen molar-refractivity contribution in [2.24, 2.45) is 4.99 Å². The van der Waals surface area contributed by atoms with Gasteiger partial charge in [-0.25, -0.2) is 4.99 Å². The third kappa shape index (κ3) is 1.70. The third-order valence-corrected chi connectivity index (χ3v) is 2.92. The normalized spacial score (nSPS) is 18.9. The first-order valence-electron chi connectivity index (χ1n) is 4.39. The highest BCUT2D eigenvalue weighted by molar-refractivity contribution is 7.15. The van der Waals surface area contributed by atoms with Crippen LogP contribution in [0.3, 0.4) is 0 Å². The van der Waals surface area contributed by atoms with Gasteiger partial charge in [-0.1, -0.05) is 0 Å². The topological polar surface area (TPSA) is 38.7 Å². The molecule has 1 aliphatic rings. The van der Waals surface area contributed by atoms with Crippen LogP contribution in [0.4, 0.5) is 0 Å². The van der Waals surface area contributed by atoms with E-state index in [1.807, 2.05) is 19.9 Å². The molecule has 0 radical (unpaired) electrons. The third-order valence-electron chi connectivity index (χ3n) is 1.92. The van der Waals surface area contributed by atoms with Crippen LogP contribution in [0.15, 0.2) is 17.1 Å². The zero-order chi connectivity index (χ0) is 10.2. The van der Waals surface area contributed by atoms with Gasteiger partial charge in [0.05, 0.1) is 15.3 Å². The second-order valence-electron chi connectivity index (χ2n) is 3.84. The summed E-state index contributed by atoms with van der Waals surface area (Å²) in [6.07, 6.45) is 0.842. The van der Waals surface area contributed by atoms with Gasteiger partial charge < -0.3 is 4.74 Å². The Morgan fingerprint density at radius 2 is 2.36 bits per heavy atom. The van der Waals surface area contributed by atoms with Crippen LogP contribution >= 0.6 is 11.3 Å². The molecule has 2 heterocycles. The molecule has 0 fully saturated rings. The van der Waals surface area contributed by atoms with E-state index in [1.165, 1.54) is 11.3 Å². The first-order valence-corrected chi connectivity index (χ1v) is 5.20. The molecule has 0 amide bonds. The van der Waals surface area contributed by atoms with E-state index in [1.54, 1.807) is 6.07 Å². The van der Waals surface area contributed by atoms with Crippen LogP contribution in [0.25, 0.3) is 0 Å². The Bertz CT molecular complexity index is 393. The minimum atomic E-state index is -0.138. The van der Waals surface area contributed by atoms with Gasteiger partial charge in [0.25, 0.3) is 0 Å². The Morgan fingerprint density at radius 1 is 1.57 bits per heavy atom. The molecule has 3 nitrogen and oxygen atoms in total. The number of rotatable bonds is 2. The molecule has 74 valence electrons. The number of carbonyl (C=O) groups excluding carboxylic acids is 1. The second kappa shape index (κ2) is 3.20. The van der Waals surface area contributed by atoms with Crippen LogP contribution in [0.2, 0.25) is 0 Å². The van der Waals surface area contributed by atoms with Crippen molar-refractivity contribution in [2.75, 3.05) is 6.61 Å². The summed E-state index contributed by atoms with van der Waals surface area (Å²) >= 11 is 1.41. The van der Waals surface area contributed by atoms with Gasteiger partial charge in [0.15, 0.2) is 6.29 Å². The molecule has 0 N–H and O–H groups in total. The van der Waals surface area contributed by atoms with Crippen LogP contribution in [0.5, 0.6) is 0 Å². The summed E-state index contributed by atoms with van der Waals surface area (Å²) < 4.78 is 5.46. The number of ether oxygens (including phenoxy) is 1. The molecule has 1 aromatic rings. The van der Waals surface area contributed by atoms with Gasteiger partial charge >= 0.3 is 0 Å². The molecule has 0 aromatic carbocycles. The minimum absolute atomic E-state index is 0.138. The van der Waals surface area contributed by atoms with Gasteiger partial charge in [-0.15, -0.1) is 11.3 Å². The van der Waals surface area contributed by atoms with Crippen molar-refractivity contribution >= 4 is 23.5 Å². The highest BCUT2D eigenvalue weighted by atomic mass is 32.1. The molecule has 14 heavy (non-hydrogen) atoms. The molecule has 1 aliphatic heterocycles. The highest BCUT2D eigenvalue weighted by Crippen LogP contribution is 2.24. The quantitative estimate of drug-likeness (QED) is 0.700. The number of aliphatic imine (C=N–C) groups is 1. The van der Waals surface area contributed by atoms with Crippen molar-refractivity contribution in [3.05, 3.63) is 21.9 Å². The lowest BCUT2D eigenvalue weighted by molar-refractivity contribution is 0.112. The number of nitrogens with zero attached hydrogens (tertiary/aromatic N) is 1. The average molecular weight is 209 g/mol. The van der Waals surface area contributed by atoms with Crippen LogP contribution in [0.1, 0.15) is 28.4 Å². The number of hydrogen-bond donors (Lipinski definition) is 0. The van der Waals surface area contributed by atoms with E-state index in [2.05, 4.69) is 4.99 Å². The summed E-state index contributed by atoms with van der Waals surface area (Å²) in [4.78, 5) is 16.6. The molecular formula is C10H11NO2S. The fourth-order valence-corrected chi connectivity index (χ4v) is 2.01. The zero-order valence-electron chi connectivity index (χ0n) is 8.11. The fraction of sp³-hybridized carbons (Fsp3) is 0.400. The molecule has 0 aliphatic carbocycles. The maximum Gasteiger partial charge on any atom is 0.227 e. The van der Waals surface area contributed by atoms with Gasteiger partial charge in [-0.05, 0) is 26.0 Å². The Kier molecular flexibility index (Phi) is 2.15. The Hall–Kier alpha value is -1.16. The van der Waals surface area contributed by atoms with Crippen LogP contribution in [-0.2, 0) is 4.74 Å². The first kappa shape index (κ1) is 9.40. The fourth-order valence-electron chi connectivity index (χ4n) is 1.24. The predicted octanol–water partition coefficient (Wildman–Crippen LogP) is 2.12. The molecule has 4 heteroatoms. The van der Waals surface area contributed by atoms with Crippen LogP contribution in [0, 0.1) is 0 Å². The van der Waals surface area contributed by atoms with Crippen molar-refractivity contribution in [2.45, 2.75) is 19.4 Å². The van der Waals surface area contributed by atoms with E-state index < -0.39 is 0 Å². The summed E-state index contributed by atoms with van der Waals surface area (Å²) in [5.74, 6) is 0.660. The van der Waals surface area contributed by atoms with E-state index >= 15 is 0 Å². The Labute approximate surface area is 86.4 Å². The molecule has 0 bridgehead atoms. The van der Waals surface area contributed by atoms with Crippen molar-refractivity contribution in [3.8, 4) is 0 Å². The zero-order valence-corrected chi connectivity index (χ0v) is 8.93. The molecule has 1 aromatic heterocycles. The molecular weight excluding hydrogens is 198 g/mol. The summed E-state index contributed by atoms with van der Waals surface area (Å²) in [5.41, 5.74) is -0.138. The van der Waals surface area contributed by atoms with Gasteiger partial charge in [0.1, 0.15) is 6.61 Å². The van der Waals surface area contributed by atoms with Gasteiger partial charge in [0.2, 0.25) is 5.90 Å². The average Bonchev–Trinajstić information content (AvgIpc) is 2.70. The maximum absolute atomic E-state index is 10.5. The molecule has 0 spiro atoms. The summed E-state index contributed by atoms with van der Waals surface area (Å²) in [6, 6.07) is 3.65. The van der Waals surface area contributed by atoms with E-state index in [4.69, 9.17) is 4.74 Å². The highest BCUT2D eigenvalue weighted by Gasteiger charge is 2.27. The van der Waals surface area contributed by atoms with E-state index in [-0.39, 0.29) is 5.54 Å². The predicted molar refractivity (Wildman–Crippen MR) is 56.3 cm³/mol. The van der Waals surface area contributed by atoms with Crippen LogP contribution in [-0.4, -0.2) is 24.3 Å². The summed E-state index contributed by atoms with van der Waals surface area (Å²) in [5, 5.41) is 0. The second-order valence-corrected chi connectivity index (χ2v) is 4.95. The molecule has 0 saturated heterocycles. The lowest BCUT2D eigenvalue weighted by Gasteiger charge is -2.07. The van der Waals surface area contributed by atoms with Crippen molar-refractivity contribution < 1.29 is 9.53 Å². The van der Waals surface area contributed by atoms with Gasteiger partial charge in [0, 0.05) is 0 Å². The molecule has 0 unspecified atom stereocenters.